The van der Waals surface area contributed by atoms with Gasteiger partial charge in [-0.15, -0.1) is 0 Å². The average molecular weight is 250 g/mol. The fraction of sp³-hybridized carbons (Fsp3) is 0.462. The zero-order valence-electron chi connectivity index (χ0n) is 10.5. The first-order valence-electron chi connectivity index (χ1n) is 6.03. The molecule has 1 aliphatic heterocycles. The lowest BCUT2D eigenvalue weighted by atomic mass is 10.3. The molecule has 0 radical (unpaired) electrons. The van der Waals surface area contributed by atoms with Gasteiger partial charge in [-0.3, -0.25) is 4.79 Å². The van der Waals surface area contributed by atoms with E-state index in [1.165, 1.54) is 6.07 Å². The van der Waals surface area contributed by atoms with Gasteiger partial charge in [0.1, 0.15) is 11.5 Å². The first-order chi connectivity index (χ1) is 8.65. The number of phenols is 1. The van der Waals surface area contributed by atoms with Crippen LogP contribution in [0.5, 0.6) is 11.5 Å². The minimum Gasteiger partial charge on any atom is -0.508 e. The number of ether oxygens (including phenoxy) is 1. The molecular formula is C13H18N2O3. The van der Waals surface area contributed by atoms with Crippen molar-refractivity contribution in [2.45, 2.75) is 0 Å². The highest BCUT2D eigenvalue weighted by atomic mass is 16.5. The highest BCUT2D eigenvalue weighted by molar-refractivity contribution is 5.77. The maximum atomic E-state index is 11.9. The number of phenolic OH excluding ortho intramolecular Hbond substituents is 1. The van der Waals surface area contributed by atoms with E-state index < -0.39 is 0 Å². The largest absolute Gasteiger partial charge is 0.508 e. The molecule has 0 unspecified atom stereocenters. The Kier molecular flexibility index (Phi) is 4.04. The van der Waals surface area contributed by atoms with Crippen LogP contribution in [0.25, 0.3) is 0 Å². The number of carbonyl (C=O) groups is 1. The monoisotopic (exact) mass is 250 g/mol. The number of hydrogen-bond acceptors (Lipinski definition) is 4. The van der Waals surface area contributed by atoms with Gasteiger partial charge in [0.25, 0.3) is 5.91 Å². The Morgan fingerprint density at radius 2 is 2.06 bits per heavy atom. The first kappa shape index (κ1) is 12.7. The van der Waals surface area contributed by atoms with Crippen molar-refractivity contribution in [2.24, 2.45) is 0 Å². The zero-order chi connectivity index (χ0) is 13.0. The van der Waals surface area contributed by atoms with Gasteiger partial charge in [0.15, 0.2) is 6.61 Å². The number of amides is 1. The molecule has 2 rings (SSSR count). The molecule has 0 saturated carbocycles. The summed E-state index contributed by atoms with van der Waals surface area (Å²) in [6.45, 7) is 3.32. The molecule has 1 aromatic rings. The Hall–Kier alpha value is -1.75. The molecule has 1 heterocycles. The van der Waals surface area contributed by atoms with Gasteiger partial charge in [-0.2, -0.15) is 0 Å². The maximum Gasteiger partial charge on any atom is 0.260 e. The van der Waals surface area contributed by atoms with E-state index in [2.05, 4.69) is 4.90 Å². The number of piperazine rings is 1. The lowest BCUT2D eigenvalue weighted by Gasteiger charge is -2.32. The zero-order valence-corrected chi connectivity index (χ0v) is 10.5. The van der Waals surface area contributed by atoms with Crippen molar-refractivity contribution in [3.63, 3.8) is 0 Å². The molecule has 1 amide bonds. The Morgan fingerprint density at radius 3 is 2.72 bits per heavy atom. The summed E-state index contributed by atoms with van der Waals surface area (Å²) in [6, 6.07) is 6.47. The fourth-order valence-corrected chi connectivity index (χ4v) is 1.87. The molecule has 0 aliphatic carbocycles. The minimum atomic E-state index is -0.00792. The standard InChI is InChI=1S/C13H18N2O3/c1-14-5-7-15(8-6-14)13(17)10-18-12-4-2-3-11(16)9-12/h2-4,9,16H,5-8,10H2,1H3. The van der Waals surface area contributed by atoms with Crippen LogP contribution < -0.4 is 4.74 Å². The third kappa shape index (κ3) is 3.37. The van der Waals surface area contributed by atoms with Crippen LogP contribution in [-0.2, 0) is 4.79 Å². The molecule has 1 saturated heterocycles. The van der Waals surface area contributed by atoms with Crippen LogP contribution >= 0.6 is 0 Å². The van der Waals surface area contributed by atoms with Gasteiger partial charge >= 0.3 is 0 Å². The van der Waals surface area contributed by atoms with E-state index in [1.54, 1.807) is 18.2 Å². The van der Waals surface area contributed by atoms with Crippen molar-refractivity contribution in [1.82, 2.24) is 9.80 Å². The predicted octanol–water partition coefficient (Wildman–Crippen LogP) is 0.545. The molecule has 5 heteroatoms. The van der Waals surface area contributed by atoms with Gasteiger partial charge in [-0.25, -0.2) is 0 Å². The van der Waals surface area contributed by atoms with Crippen LogP contribution in [0.2, 0.25) is 0 Å². The summed E-state index contributed by atoms with van der Waals surface area (Å²) in [5, 5.41) is 9.28. The Balaban J connectivity index is 1.81. The van der Waals surface area contributed by atoms with E-state index >= 15 is 0 Å². The SMILES string of the molecule is CN1CCN(C(=O)COc2cccc(O)c2)CC1. The van der Waals surface area contributed by atoms with Crippen LogP contribution in [0.4, 0.5) is 0 Å². The van der Waals surface area contributed by atoms with Gasteiger partial charge < -0.3 is 19.6 Å². The molecule has 5 nitrogen and oxygen atoms in total. The van der Waals surface area contributed by atoms with Crippen molar-refractivity contribution in [3.8, 4) is 11.5 Å². The van der Waals surface area contributed by atoms with Crippen LogP contribution in [0, 0.1) is 0 Å². The van der Waals surface area contributed by atoms with E-state index in [-0.39, 0.29) is 18.3 Å². The first-order valence-corrected chi connectivity index (χ1v) is 6.03. The topological polar surface area (TPSA) is 53.0 Å². The molecular weight excluding hydrogens is 232 g/mol. The summed E-state index contributed by atoms with van der Waals surface area (Å²) < 4.78 is 5.36. The summed E-state index contributed by atoms with van der Waals surface area (Å²) >= 11 is 0. The molecule has 0 bridgehead atoms. The highest BCUT2D eigenvalue weighted by Crippen LogP contribution is 2.17. The van der Waals surface area contributed by atoms with Crippen molar-refractivity contribution in [2.75, 3.05) is 39.8 Å². The minimum absolute atomic E-state index is 0.00792. The summed E-state index contributed by atoms with van der Waals surface area (Å²) in [5.41, 5.74) is 0. The third-order valence-electron chi connectivity index (χ3n) is 3.04. The summed E-state index contributed by atoms with van der Waals surface area (Å²) in [4.78, 5) is 15.9. The molecule has 1 N–H and O–H groups in total. The quantitative estimate of drug-likeness (QED) is 0.851. The van der Waals surface area contributed by atoms with Crippen LogP contribution in [-0.4, -0.2) is 60.6 Å². The van der Waals surface area contributed by atoms with Crippen LogP contribution in [0.3, 0.4) is 0 Å². The predicted molar refractivity (Wildman–Crippen MR) is 67.7 cm³/mol. The molecule has 0 spiro atoms. The molecule has 1 aromatic carbocycles. The number of aromatic hydroxyl groups is 1. The second-order valence-electron chi connectivity index (χ2n) is 4.47. The van der Waals surface area contributed by atoms with Gasteiger partial charge in [-0.05, 0) is 19.2 Å². The van der Waals surface area contributed by atoms with E-state index in [9.17, 15) is 9.90 Å². The van der Waals surface area contributed by atoms with Crippen molar-refractivity contribution in [1.29, 1.82) is 0 Å². The normalized spacial score (nSPS) is 16.6. The van der Waals surface area contributed by atoms with E-state index in [1.807, 2.05) is 11.9 Å². The molecule has 1 aliphatic rings. The number of nitrogens with zero attached hydrogens (tertiary/aromatic N) is 2. The lowest BCUT2D eigenvalue weighted by molar-refractivity contribution is -0.134. The summed E-state index contributed by atoms with van der Waals surface area (Å²) in [7, 11) is 2.05. The van der Waals surface area contributed by atoms with Crippen LogP contribution in [0.1, 0.15) is 0 Å². The number of hydrogen-bond donors (Lipinski definition) is 1. The van der Waals surface area contributed by atoms with Gasteiger partial charge in [0, 0.05) is 32.2 Å². The van der Waals surface area contributed by atoms with Gasteiger partial charge in [0.05, 0.1) is 0 Å². The molecule has 0 atom stereocenters. The molecule has 1 fully saturated rings. The second kappa shape index (κ2) is 5.73. The third-order valence-corrected chi connectivity index (χ3v) is 3.04. The van der Waals surface area contributed by atoms with Gasteiger partial charge in [0.2, 0.25) is 0 Å². The molecule has 98 valence electrons. The second-order valence-corrected chi connectivity index (χ2v) is 4.47. The number of carbonyl (C=O) groups excluding carboxylic acids is 1. The lowest BCUT2D eigenvalue weighted by Crippen LogP contribution is -2.48. The Morgan fingerprint density at radius 1 is 1.33 bits per heavy atom. The van der Waals surface area contributed by atoms with E-state index in [0.717, 1.165) is 26.2 Å². The fourth-order valence-electron chi connectivity index (χ4n) is 1.87. The number of rotatable bonds is 3. The number of benzene rings is 1. The van der Waals surface area contributed by atoms with Crippen LogP contribution in [0.15, 0.2) is 24.3 Å². The summed E-state index contributed by atoms with van der Waals surface area (Å²) in [5.74, 6) is 0.642. The van der Waals surface area contributed by atoms with Crippen molar-refractivity contribution < 1.29 is 14.6 Å². The maximum absolute atomic E-state index is 11.9. The van der Waals surface area contributed by atoms with E-state index in [0.29, 0.717) is 5.75 Å². The number of likely N-dealkylation sites (N-methyl/N-ethyl adjacent to an activating group) is 1. The van der Waals surface area contributed by atoms with Crippen molar-refractivity contribution in [3.05, 3.63) is 24.3 Å². The Bertz CT molecular complexity index is 414. The van der Waals surface area contributed by atoms with Crippen molar-refractivity contribution >= 4 is 5.91 Å². The smallest absolute Gasteiger partial charge is 0.260 e. The summed E-state index contributed by atoms with van der Waals surface area (Å²) in [6.07, 6.45) is 0. The molecule has 0 aromatic heterocycles. The molecule has 18 heavy (non-hydrogen) atoms. The van der Waals surface area contributed by atoms with E-state index in [4.69, 9.17) is 4.74 Å². The van der Waals surface area contributed by atoms with Gasteiger partial charge in [-0.1, -0.05) is 6.07 Å². The highest BCUT2D eigenvalue weighted by Gasteiger charge is 2.19. The Labute approximate surface area is 107 Å². The average Bonchev–Trinajstić information content (AvgIpc) is 2.37.